The van der Waals surface area contributed by atoms with Crippen LogP contribution in [0.2, 0.25) is 0 Å². The van der Waals surface area contributed by atoms with E-state index in [9.17, 15) is 14.0 Å². The second kappa shape index (κ2) is 11.0. The van der Waals surface area contributed by atoms with Crippen LogP contribution in [0.4, 0.5) is 4.39 Å². The van der Waals surface area contributed by atoms with Gasteiger partial charge in [-0.25, -0.2) is 9.37 Å². The van der Waals surface area contributed by atoms with Crippen LogP contribution < -0.4 is 10.1 Å². The summed E-state index contributed by atoms with van der Waals surface area (Å²) in [5.74, 6) is 0.440. The zero-order chi connectivity index (χ0) is 25.9. The molecular weight excluding hydrogens is 489 g/mol. The molecule has 3 aromatic rings. The number of nitrogens with zero attached hydrogens (tertiary/aromatic N) is 2. The summed E-state index contributed by atoms with van der Waals surface area (Å²) < 4.78 is 19.8. The average Bonchev–Trinajstić information content (AvgIpc) is 3.59. The Bertz CT molecular complexity index is 1270. The maximum absolute atomic E-state index is 13.8. The summed E-state index contributed by atoms with van der Waals surface area (Å²) >= 11 is 1.38. The summed E-state index contributed by atoms with van der Waals surface area (Å²) in [6, 6.07) is 12.2. The van der Waals surface area contributed by atoms with Crippen molar-refractivity contribution >= 4 is 23.2 Å². The molecule has 1 N–H and O–H groups in total. The minimum absolute atomic E-state index is 0.0403. The number of benzene rings is 2. The molecule has 2 heterocycles. The lowest BCUT2D eigenvalue weighted by Gasteiger charge is -2.39. The van der Waals surface area contributed by atoms with Crippen molar-refractivity contribution in [2.75, 3.05) is 6.54 Å². The van der Waals surface area contributed by atoms with Gasteiger partial charge in [0.05, 0.1) is 6.04 Å². The van der Waals surface area contributed by atoms with Gasteiger partial charge >= 0.3 is 0 Å². The molecule has 1 aliphatic carbocycles. The van der Waals surface area contributed by atoms with Crippen molar-refractivity contribution in [1.29, 1.82) is 0 Å². The molecule has 2 aliphatic rings. The first kappa shape index (κ1) is 25.4. The third-order valence-corrected chi connectivity index (χ3v) is 7.91. The van der Waals surface area contributed by atoms with E-state index in [-0.39, 0.29) is 42.2 Å². The number of ether oxygens (including phenoxy) is 1. The Kier molecular flexibility index (Phi) is 7.55. The number of halogens is 1. The minimum atomic E-state index is -0.296. The van der Waals surface area contributed by atoms with E-state index in [1.165, 1.54) is 29.0 Å². The highest BCUT2D eigenvalue weighted by Gasteiger charge is 2.36. The molecule has 1 aliphatic heterocycles. The SMILES string of the molecule is CC(C)NC(=O)c1csc(COc2ccc3c(c2)C(c2ccc(F)cc2)N(C(=O)C2CCCC2)CC3)n1. The molecule has 6 nitrogen and oxygen atoms in total. The highest BCUT2D eigenvalue weighted by atomic mass is 32.1. The number of thiazole rings is 1. The van der Waals surface area contributed by atoms with Crippen molar-refractivity contribution in [3.63, 3.8) is 0 Å². The zero-order valence-corrected chi connectivity index (χ0v) is 22.0. The summed E-state index contributed by atoms with van der Waals surface area (Å²) in [5, 5.41) is 5.29. The van der Waals surface area contributed by atoms with Gasteiger partial charge < -0.3 is 15.0 Å². The Morgan fingerprint density at radius 3 is 2.65 bits per heavy atom. The largest absolute Gasteiger partial charge is 0.486 e. The van der Waals surface area contributed by atoms with Crippen LogP contribution in [0.25, 0.3) is 0 Å². The fourth-order valence-corrected chi connectivity index (χ4v) is 5.98. The second-order valence-electron chi connectivity index (χ2n) is 10.1. The Morgan fingerprint density at radius 2 is 1.92 bits per heavy atom. The van der Waals surface area contributed by atoms with E-state index >= 15 is 0 Å². The highest BCUT2D eigenvalue weighted by Crippen LogP contribution is 2.39. The van der Waals surface area contributed by atoms with Gasteiger partial charge in [0.15, 0.2) is 0 Å². The van der Waals surface area contributed by atoms with Crippen molar-refractivity contribution in [3.05, 3.63) is 81.1 Å². The number of rotatable bonds is 7. The molecule has 1 saturated carbocycles. The summed E-state index contributed by atoms with van der Waals surface area (Å²) in [6.07, 6.45) is 4.83. The summed E-state index contributed by atoms with van der Waals surface area (Å²) in [4.78, 5) is 32.2. The molecule has 0 radical (unpaired) electrons. The highest BCUT2D eigenvalue weighted by molar-refractivity contribution is 7.09. The van der Waals surface area contributed by atoms with Gasteiger partial charge in [-0.05, 0) is 74.1 Å². The quantitative estimate of drug-likeness (QED) is 0.435. The maximum atomic E-state index is 13.8. The van der Waals surface area contributed by atoms with Gasteiger partial charge in [0, 0.05) is 23.9 Å². The van der Waals surface area contributed by atoms with Crippen molar-refractivity contribution in [2.24, 2.45) is 5.92 Å². The van der Waals surface area contributed by atoms with Crippen LogP contribution >= 0.6 is 11.3 Å². The Balaban J connectivity index is 1.39. The molecule has 0 spiro atoms. The molecule has 1 aromatic heterocycles. The van der Waals surface area contributed by atoms with E-state index in [0.29, 0.717) is 23.0 Å². The standard InChI is InChI=1S/C29H32FN3O3S/c1-18(2)31-28(34)25-17-37-26(32-25)16-36-23-12-9-19-13-14-33(29(35)21-5-3-4-6-21)27(24(19)15-23)20-7-10-22(30)11-8-20/h7-12,15,17-18,21,27H,3-6,13-14,16H2,1-2H3,(H,31,34). The smallest absolute Gasteiger partial charge is 0.270 e. The lowest BCUT2D eigenvalue weighted by Crippen LogP contribution is -2.43. The molecule has 1 fully saturated rings. The number of aromatic nitrogens is 1. The van der Waals surface area contributed by atoms with Crippen LogP contribution in [0.3, 0.4) is 0 Å². The van der Waals surface area contributed by atoms with Crippen LogP contribution in [-0.4, -0.2) is 34.3 Å². The number of fused-ring (bicyclic) bond motifs is 1. The predicted octanol–water partition coefficient (Wildman–Crippen LogP) is 5.66. The Morgan fingerprint density at radius 1 is 1.16 bits per heavy atom. The Labute approximate surface area is 220 Å². The Hall–Kier alpha value is -3.26. The second-order valence-corrected chi connectivity index (χ2v) is 11.1. The lowest BCUT2D eigenvalue weighted by atomic mass is 9.87. The molecule has 37 heavy (non-hydrogen) atoms. The normalized spacial score (nSPS) is 17.6. The van der Waals surface area contributed by atoms with Gasteiger partial charge in [0.2, 0.25) is 5.91 Å². The van der Waals surface area contributed by atoms with E-state index < -0.39 is 0 Å². The van der Waals surface area contributed by atoms with Gasteiger partial charge in [0.1, 0.15) is 28.9 Å². The van der Waals surface area contributed by atoms with Crippen LogP contribution in [0.1, 0.15) is 77.8 Å². The lowest BCUT2D eigenvalue weighted by molar-refractivity contribution is -0.137. The number of hydrogen-bond acceptors (Lipinski definition) is 5. The molecule has 1 unspecified atom stereocenters. The van der Waals surface area contributed by atoms with E-state index in [0.717, 1.165) is 43.2 Å². The summed E-state index contributed by atoms with van der Waals surface area (Å²) in [7, 11) is 0. The summed E-state index contributed by atoms with van der Waals surface area (Å²) in [5.41, 5.74) is 3.46. The van der Waals surface area contributed by atoms with Crippen LogP contribution in [0.5, 0.6) is 5.75 Å². The number of carbonyl (C=O) groups excluding carboxylic acids is 2. The van der Waals surface area contributed by atoms with Crippen LogP contribution in [-0.2, 0) is 17.8 Å². The summed E-state index contributed by atoms with van der Waals surface area (Å²) in [6.45, 7) is 4.70. The topological polar surface area (TPSA) is 71.5 Å². The molecule has 194 valence electrons. The van der Waals surface area contributed by atoms with Crippen molar-refractivity contribution in [1.82, 2.24) is 15.2 Å². The number of hydrogen-bond donors (Lipinski definition) is 1. The zero-order valence-electron chi connectivity index (χ0n) is 21.2. The monoisotopic (exact) mass is 521 g/mol. The first-order chi connectivity index (χ1) is 17.9. The molecule has 8 heteroatoms. The van der Waals surface area contributed by atoms with Gasteiger partial charge in [-0.3, -0.25) is 9.59 Å². The molecule has 2 amide bonds. The predicted molar refractivity (Wildman–Crippen MR) is 141 cm³/mol. The number of nitrogens with one attached hydrogen (secondary N) is 1. The van der Waals surface area contributed by atoms with Crippen molar-refractivity contribution < 1.29 is 18.7 Å². The minimum Gasteiger partial charge on any atom is -0.486 e. The third-order valence-electron chi connectivity index (χ3n) is 7.09. The molecule has 0 saturated heterocycles. The van der Waals surface area contributed by atoms with E-state index in [1.807, 2.05) is 30.9 Å². The van der Waals surface area contributed by atoms with Crippen molar-refractivity contribution in [3.8, 4) is 5.75 Å². The molecule has 0 bridgehead atoms. The van der Waals surface area contributed by atoms with E-state index in [1.54, 1.807) is 17.5 Å². The van der Waals surface area contributed by atoms with Crippen LogP contribution in [0.15, 0.2) is 47.8 Å². The van der Waals surface area contributed by atoms with Gasteiger partial charge in [0.25, 0.3) is 5.91 Å². The maximum Gasteiger partial charge on any atom is 0.270 e. The van der Waals surface area contributed by atoms with Crippen molar-refractivity contribution in [2.45, 2.75) is 64.6 Å². The van der Waals surface area contributed by atoms with Crippen LogP contribution in [0, 0.1) is 11.7 Å². The number of amides is 2. The first-order valence-corrected chi connectivity index (χ1v) is 13.8. The fraction of sp³-hybridized carbons (Fsp3) is 0.414. The molecular formula is C29H32FN3O3S. The average molecular weight is 522 g/mol. The third kappa shape index (κ3) is 5.69. The molecule has 5 rings (SSSR count). The number of carbonyl (C=O) groups is 2. The molecule has 2 aromatic carbocycles. The van der Waals surface area contributed by atoms with Gasteiger partial charge in [-0.15, -0.1) is 11.3 Å². The van der Waals surface area contributed by atoms with Gasteiger partial charge in [-0.1, -0.05) is 31.0 Å². The molecule has 1 atom stereocenters. The first-order valence-electron chi connectivity index (χ1n) is 13.0. The van der Waals surface area contributed by atoms with E-state index in [4.69, 9.17) is 4.74 Å². The fourth-order valence-electron chi connectivity index (χ4n) is 5.29. The van der Waals surface area contributed by atoms with Gasteiger partial charge in [-0.2, -0.15) is 0 Å². The van der Waals surface area contributed by atoms with E-state index in [2.05, 4.69) is 16.4 Å².